The van der Waals surface area contributed by atoms with E-state index in [0.29, 0.717) is 6.04 Å². The first-order valence-electron chi connectivity index (χ1n) is 6.73. The van der Waals surface area contributed by atoms with Gasteiger partial charge in [0.15, 0.2) is 0 Å². The van der Waals surface area contributed by atoms with E-state index >= 15 is 0 Å². The van der Waals surface area contributed by atoms with Crippen molar-refractivity contribution in [2.24, 2.45) is 0 Å². The summed E-state index contributed by atoms with van der Waals surface area (Å²) in [6.45, 7) is 6.15. The van der Waals surface area contributed by atoms with Gasteiger partial charge < -0.3 is 10.2 Å². The molecule has 0 aromatic carbocycles. The summed E-state index contributed by atoms with van der Waals surface area (Å²) in [7, 11) is 2.08. The number of halogens is 1. The van der Waals surface area contributed by atoms with E-state index in [1.165, 1.54) is 10.4 Å². The molecule has 0 radical (unpaired) electrons. The molecule has 2 aromatic heterocycles. The highest BCUT2D eigenvalue weighted by Crippen LogP contribution is 2.23. The molecule has 0 amide bonds. The topological polar surface area (TPSA) is 28.2 Å². The second kappa shape index (κ2) is 7.20. The second-order valence-electron chi connectivity index (χ2n) is 4.81. The molecule has 0 bridgehead atoms. The maximum atomic E-state index is 4.48. The molecule has 108 valence electrons. The number of pyridine rings is 1. The SMILES string of the molecule is CCNC(C)c1ccnc(N(C)Cc2cc(Br)cs2)c1. The zero-order valence-corrected chi connectivity index (χ0v) is 14.5. The van der Waals surface area contributed by atoms with Crippen LogP contribution >= 0.6 is 27.3 Å². The van der Waals surface area contributed by atoms with Gasteiger partial charge in [-0.25, -0.2) is 4.98 Å². The number of nitrogens with zero attached hydrogens (tertiary/aromatic N) is 2. The minimum Gasteiger partial charge on any atom is -0.355 e. The van der Waals surface area contributed by atoms with Crippen LogP contribution in [0.1, 0.15) is 30.3 Å². The van der Waals surface area contributed by atoms with Gasteiger partial charge in [-0.3, -0.25) is 0 Å². The van der Waals surface area contributed by atoms with E-state index in [1.807, 2.05) is 6.20 Å². The summed E-state index contributed by atoms with van der Waals surface area (Å²) in [5.41, 5.74) is 1.27. The molecule has 2 rings (SSSR count). The van der Waals surface area contributed by atoms with Crippen LogP contribution in [0.2, 0.25) is 0 Å². The van der Waals surface area contributed by atoms with E-state index in [0.717, 1.165) is 23.4 Å². The van der Waals surface area contributed by atoms with Gasteiger partial charge in [0.25, 0.3) is 0 Å². The van der Waals surface area contributed by atoms with Gasteiger partial charge in [0.2, 0.25) is 0 Å². The minimum absolute atomic E-state index is 0.353. The van der Waals surface area contributed by atoms with Crippen molar-refractivity contribution in [3.05, 3.63) is 44.7 Å². The first-order chi connectivity index (χ1) is 9.60. The third-order valence-electron chi connectivity index (χ3n) is 3.19. The Balaban J connectivity index is 2.09. The van der Waals surface area contributed by atoms with Gasteiger partial charge in [-0.15, -0.1) is 11.3 Å². The molecule has 1 N–H and O–H groups in total. The molecule has 2 heterocycles. The number of hydrogen-bond acceptors (Lipinski definition) is 4. The van der Waals surface area contributed by atoms with Crippen LogP contribution in [0.15, 0.2) is 34.2 Å². The van der Waals surface area contributed by atoms with Gasteiger partial charge in [0, 0.05) is 34.0 Å². The van der Waals surface area contributed by atoms with Crippen LogP contribution in [-0.4, -0.2) is 18.6 Å². The Morgan fingerprint density at radius 1 is 1.45 bits per heavy atom. The predicted molar refractivity (Wildman–Crippen MR) is 90.5 cm³/mol. The molecule has 2 aromatic rings. The number of nitrogens with one attached hydrogen (secondary N) is 1. The van der Waals surface area contributed by atoms with Crippen molar-refractivity contribution < 1.29 is 0 Å². The Bertz CT molecular complexity index is 556. The van der Waals surface area contributed by atoms with Crippen LogP contribution < -0.4 is 10.2 Å². The van der Waals surface area contributed by atoms with Crippen LogP contribution in [0.25, 0.3) is 0 Å². The van der Waals surface area contributed by atoms with Crippen LogP contribution in [0.3, 0.4) is 0 Å². The fourth-order valence-corrected chi connectivity index (χ4v) is 3.59. The third kappa shape index (κ3) is 4.04. The Kier molecular flexibility index (Phi) is 5.57. The molecule has 20 heavy (non-hydrogen) atoms. The molecule has 0 aliphatic heterocycles. The first-order valence-corrected chi connectivity index (χ1v) is 8.40. The summed E-state index contributed by atoms with van der Waals surface area (Å²) >= 11 is 5.26. The average Bonchev–Trinajstić information content (AvgIpc) is 2.84. The second-order valence-corrected chi connectivity index (χ2v) is 6.73. The highest BCUT2D eigenvalue weighted by molar-refractivity contribution is 9.10. The standard InChI is InChI=1S/C15H20BrN3S/c1-4-17-11(2)12-5-6-18-15(7-12)19(3)9-14-8-13(16)10-20-14/h5-8,10-11,17H,4,9H2,1-3H3. The Labute approximate surface area is 133 Å². The van der Waals surface area contributed by atoms with Crippen LogP contribution in [0, 0.1) is 0 Å². The monoisotopic (exact) mass is 353 g/mol. The van der Waals surface area contributed by atoms with Gasteiger partial charge in [-0.2, -0.15) is 0 Å². The van der Waals surface area contributed by atoms with E-state index in [1.54, 1.807) is 11.3 Å². The van der Waals surface area contributed by atoms with Crippen molar-refractivity contribution in [2.75, 3.05) is 18.5 Å². The van der Waals surface area contributed by atoms with E-state index in [2.05, 4.69) is 75.6 Å². The number of aromatic nitrogens is 1. The number of rotatable bonds is 6. The molecule has 0 saturated carbocycles. The van der Waals surface area contributed by atoms with Gasteiger partial charge in [-0.1, -0.05) is 6.92 Å². The fourth-order valence-electron chi connectivity index (χ4n) is 2.09. The van der Waals surface area contributed by atoms with E-state index < -0.39 is 0 Å². The van der Waals surface area contributed by atoms with Crippen molar-refractivity contribution in [3.8, 4) is 0 Å². The quantitative estimate of drug-likeness (QED) is 0.842. The molecule has 3 nitrogen and oxygen atoms in total. The smallest absolute Gasteiger partial charge is 0.128 e. The highest BCUT2D eigenvalue weighted by atomic mass is 79.9. The number of thiophene rings is 1. The van der Waals surface area contributed by atoms with Crippen LogP contribution in [0.4, 0.5) is 5.82 Å². The molecular weight excluding hydrogens is 334 g/mol. The first kappa shape index (κ1) is 15.5. The summed E-state index contributed by atoms with van der Waals surface area (Å²) < 4.78 is 1.15. The number of hydrogen-bond donors (Lipinski definition) is 1. The average molecular weight is 354 g/mol. The van der Waals surface area contributed by atoms with Crippen molar-refractivity contribution in [3.63, 3.8) is 0 Å². The molecular formula is C15H20BrN3S. The van der Waals surface area contributed by atoms with Gasteiger partial charge in [0.1, 0.15) is 5.82 Å². The lowest BCUT2D eigenvalue weighted by Crippen LogP contribution is -2.20. The van der Waals surface area contributed by atoms with E-state index in [9.17, 15) is 0 Å². The van der Waals surface area contributed by atoms with Gasteiger partial charge in [0.05, 0.1) is 6.54 Å². The molecule has 1 atom stereocenters. The lowest BCUT2D eigenvalue weighted by Gasteiger charge is -2.19. The normalized spacial score (nSPS) is 12.4. The summed E-state index contributed by atoms with van der Waals surface area (Å²) in [6.07, 6.45) is 1.89. The molecule has 1 unspecified atom stereocenters. The lowest BCUT2D eigenvalue weighted by atomic mass is 10.1. The summed E-state index contributed by atoms with van der Waals surface area (Å²) in [5.74, 6) is 1.01. The molecule has 0 saturated heterocycles. The minimum atomic E-state index is 0.353. The van der Waals surface area contributed by atoms with Gasteiger partial charge in [-0.05, 0) is 53.2 Å². The van der Waals surface area contributed by atoms with Crippen LogP contribution in [0.5, 0.6) is 0 Å². The van der Waals surface area contributed by atoms with E-state index in [4.69, 9.17) is 0 Å². The third-order valence-corrected chi connectivity index (χ3v) is 4.87. The predicted octanol–water partition coefficient (Wildman–Crippen LogP) is 4.21. The molecule has 5 heteroatoms. The summed E-state index contributed by atoms with van der Waals surface area (Å²) in [4.78, 5) is 7.98. The van der Waals surface area contributed by atoms with E-state index in [-0.39, 0.29) is 0 Å². The summed E-state index contributed by atoms with van der Waals surface area (Å²) in [5, 5.41) is 5.54. The molecule has 0 spiro atoms. The zero-order valence-electron chi connectivity index (χ0n) is 12.1. The number of anilines is 1. The lowest BCUT2D eigenvalue weighted by molar-refractivity contribution is 0.597. The van der Waals surface area contributed by atoms with Crippen molar-refractivity contribution >= 4 is 33.1 Å². The Morgan fingerprint density at radius 3 is 2.90 bits per heavy atom. The van der Waals surface area contributed by atoms with Crippen molar-refractivity contribution in [1.29, 1.82) is 0 Å². The maximum Gasteiger partial charge on any atom is 0.128 e. The van der Waals surface area contributed by atoms with Gasteiger partial charge >= 0.3 is 0 Å². The Morgan fingerprint density at radius 2 is 2.25 bits per heavy atom. The van der Waals surface area contributed by atoms with Crippen molar-refractivity contribution in [1.82, 2.24) is 10.3 Å². The fraction of sp³-hybridized carbons (Fsp3) is 0.400. The maximum absolute atomic E-state index is 4.48. The Hall–Kier alpha value is -0.910. The van der Waals surface area contributed by atoms with Crippen molar-refractivity contribution in [2.45, 2.75) is 26.4 Å². The molecule has 0 aliphatic carbocycles. The van der Waals surface area contributed by atoms with Crippen LogP contribution in [-0.2, 0) is 6.54 Å². The largest absolute Gasteiger partial charge is 0.355 e. The highest BCUT2D eigenvalue weighted by Gasteiger charge is 2.09. The molecule has 0 fully saturated rings. The zero-order chi connectivity index (χ0) is 14.5. The molecule has 0 aliphatic rings. The summed E-state index contributed by atoms with van der Waals surface area (Å²) in [6, 6.07) is 6.75.